The molecule has 26 nitrogen and oxygen atoms in total. The third-order valence-corrected chi connectivity index (χ3v) is 12.9. The number of aromatic nitrogens is 3. The second-order valence-corrected chi connectivity index (χ2v) is 20.2. The number of carbonyl (C=O) groups excluding carboxylic acids is 5. The fourth-order valence-corrected chi connectivity index (χ4v) is 9.15. The van der Waals surface area contributed by atoms with Gasteiger partial charge in [-0.05, 0) is 67.6 Å². The fraction of sp³-hybridized carbons (Fsp3) is 0.453. The van der Waals surface area contributed by atoms with Gasteiger partial charge in [0.2, 0.25) is 12.2 Å². The molecule has 1 aliphatic rings. The van der Waals surface area contributed by atoms with Crippen LogP contribution < -0.4 is 26.2 Å². The van der Waals surface area contributed by atoms with Crippen LogP contribution in [0, 0.1) is 0 Å². The van der Waals surface area contributed by atoms with E-state index >= 15 is 0 Å². The quantitative estimate of drug-likeness (QED) is 0.0107. The van der Waals surface area contributed by atoms with Gasteiger partial charge in [-0.1, -0.05) is 29.5 Å². The van der Waals surface area contributed by atoms with Gasteiger partial charge in [-0.25, -0.2) is 4.68 Å². The summed E-state index contributed by atoms with van der Waals surface area (Å²) in [6, 6.07) is 23.3. The number of nitrogens with zero attached hydrogens (tertiary/aromatic N) is 6. The predicted molar refractivity (Wildman–Crippen MR) is 290 cm³/mol. The number of esters is 4. The van der Waals surface area contributed by atoms with Crippen molar-refractivity contribution in [1.29, 1.82) is 0 Å². The summed E-state index contributed by atoms with van der Waals surface area (Å²) in [5.41, 5.74) is 2.86. The average molecular weight is 1130 g/mol. The van der Waals surface area contributed by atoms with Gasteiger partial charge in [0.1, 0.15) is 29.3 Å². The molecule has 5 aromatic rings. The highest BCUT2D eigenvalue weighted by molar-refractivity contribution is 7.86. The van der Waals surface area contributed by atoms with Crippen molar-refractivity contribution in [2.45, 2.75) is 102 Å². The maximum Gasteiger partial charge on any atom is 0.303 e. The number of ether oxygens (including phenoxy) is 8. The van der Waals surface area contributed by atoms with Gasteiger partial charge >= 0.3 is 23.9 Å². The Kier molecular flexibility index (Phi) is 22.3. The van der Waals surface area contributed by atoms with E-state index in [9.17, 15) is 36.9 Å². The lowest BCUT2D eigenvalue weighted by Crippen LogP contribution is -2.68. The van der Waals surface area contributed by atoms with Crippen LogP contribution in [0.15, 0.2) is 106 Å². The van der Waals surface area contributed by atoms with Crippen LogP contribution in [0.4, 0.5) is 28.4 Å². The Labute approximate surface area is 462 Å². The van der Waals surface area contributed by atoms with Crippen LogP contribution in [0.5, 0.6) is 0 Å². The molecule has 1 aromatic heterocycles. The average Bonchev–Trinajstić information content (AvgIpc) is 3.89. The first-order valence-electron chi connectivity index (χ1n) is 25.4. The molecule has 432 valence electrons. The molecule has 6 rings (SSSR count). The van der Waals surface area contributed by atoms with Crippen molar-refractivity contribution in [2.75, 3.05) is 75.7 Å². The summed E-state index contributed by atoms with van der Waals surface area (Å²) < 4.78 is 83.1. The first kappa shape index (κ1) is 61.6. The third-order valence-electron chi connectivity index (χ3n) is 12.0. The molecular formula is C53H68N10O16S. The zero-order valence-electron chi connectivity index (χ0n) is 45.7. The Bertz CT molecular complexity index is 3040. The third kappa shape index (κ3) is 18.5. The molecular weight excluding hydrogens is 1060 g/mol. The second kappa shape index (κ2) is 29.0. The highest BCUT2D eigenvalue weighted by Gasteiger charge is 2.53. The monoisotopic (exact) mass is 1130 g/mol. The Balaban J connectivity index is 1.13. The zero-order chi connectivity index (χ0) is 58.0. The van der Waals surface area contributed by atoms with E-state index < -0.39 is 89.0 Å². The van der Waals surface area contributed by atoms with Crippen LogP contribution >= 0.6 is 0 Å². The predicted octanol–water partition coefficient (Wildman–Crippen LogP) is 4.83. The van der Waals surface area contributed by atoms with E-state index in [4.69, 9.17) is 37.9 Å². The molecule has 0 saturated carbocycles. The molecule has 0 radical (unpaired) electrons. The number of amides is 1. The number of carbonyl (C=O) groups is 5. The van der Waals surface area contributed by atoms with E-state index in [0.717, 1.165) is 37.8 Å². The number of hydrogen-bond donors (Lipinski definition) is 5. The van der Waals surface area contributed by atoms with Crippen LogP contribution in [0.1, 0.15) is 47.2 Å². The van der Waals surface area contributed by atoms with Crippen LogP contribution in [0.25, 0.3) is 10.8 Å². The van der Waals surface area contributed by atoms with E-state index in [1.807, 2.05) is 67.5 Å². The molecule has 0 spiro atoms. The molecule has 1 saturated heterocycles. The zero-order valence-corrected chi connectivity index (χ0v) is 46.5. The van der Waals surface area contributed by atoms with E-state index in [2.05, 4.69) is 41.8 Å². The van der Waals surface area contributed by atoms with Crippen molar-refractivity contribution in [2.24, 2.45) is 10.2 Å². The number of azo groups is 1. The number of hydrogen-bond acceptors (Lipinski definition) is 23. The molecule has 80 heavy (non-hydrogen) atoms. The fourth-order valence-electron chi connectivity index (χ4n) is 8.44. The Morgan fingerprint density at radius 1 is 0.800 bits per heavy atom. The highest BCUT2D eigenvalue weighted by Crippen LogP contribution is 2.33. The lowest BCUT2D eigenvalue weighted by molar-refractivity contribution is -0.341. The molecule has 0 unspecified atom stereocenters. The minimum Gasteiger partial charge on any atom is -0.463 e. The lowest BCUT2D eigenvalue weighted by Gasteiger charge is -2.47. The standard InChI is InChI=1S/C53H68N10O16S/c1-33(64)57-48-50(76-36(4)67)49(75-35(3)66)46(31-74-34(2)65)77-51(48)78-52(53(6,79-37(5)68)32-54-23-24-55-45-13-9-12-44-43(45)11-10-14-47(44)80(69,70)71)73-28-27-72-26-25-63-30-41(60-61-63)29-56-38-15-17-39(18-16-38)58-59-40-19-21-42(22-20-40)62(7)8/h9-22,30,46,48-52,54-56H,23-29,31-32H2,1-8H3,(H,57,64)(H,69,70,71)/b59-58+/t46-,48-,49-,50-,51+,52-,53-/m1/s1. The van der Waals surface area contributed by atoms with Crippen molar-refractivity contribution in [3.8, 4) is 0 Å². The Morgan fingerprint density at radius 3 is 2.10 bits per heavy atom. The van der Waals surface area contributed by atoms with E-state index in [0.29, 0.717) is 40.9 Å². The van der Waals surface area contributed by atoms with E-state index in [1.54, 1.807) is 35.1 Å². The maximum atomic E-state index is 12.9. The summed E-state index contributed by atoms with van der Waals surface area (Å²) in [5.74, 6) is -3.71. The second-order valence-electron chi connectivity index (χ2n) is 18.8. The largest absolute Gasteiger partial charge is 0.463 e. The van der Waals surface area contributed by atoms with Crippen molar-refractivity contribution in [3.63, 3.8) is 0 Å². The van der Waals surface area contributed by atoms with Gasteiger partial charge in [-0.2, -0.15) is 18.6 Å². The van der Waals surface area contributed by atoms with Gasteiger partial charge in [-0.3, -0.25) is 28.5 Å². The number of rotatable bonds is 29. The molecule has 0 bridgehead atoms. The van der Waals surface area contributed by atoms with Crippen LogP contribution in [-0.4, -0.2) is 160 Å². The van der Waals surface area contributed by atoms with E-state index in [-0.39, 0.29) is 44.4 Å². The summed E-state index contributed by atoms with van der Waals surface area (Å²) in [6.45, 7) is 7.71. The molecule has 4 aromatic carbocycles. The van der Waals surface area contributed by atoms with Crippen molar-refractivity contribution in [1.82, 2.24) is 25.6 Å². The molecule has 1 amide bonds. The molecule has 5 N–H and O–H groups in total. The van der Waals surface area contributed by atoms with Crippen LogP contribution in [0.2, 0.25) is 0 Å². The first-order valence-corrected chi connectivity index (χ1v) is 26.8. The number of benzene rings is 4. The summed E-state index contributed by atoms with van der Waals surface area (Å²) in [7, 11) is -0.571. The number of nitrogens with one attached hydrogen (secondary N) is 4. The van der Waals surface area contributed by atoms with Gasteiger partial charge in [-0.15, -0.1) is 5.10 Å². The molecule has 2 heterocycles. The SMILES string of the molecule is CC(=O)N[C@H]1[C@H](O[C@@H](OCCOCCn2cc(CNc3ccc(/N=N/c4ccc(N(C)C)cc4)cc3)nn2)[C@@](C)(CNCCNc2cccc3c(S(=O)(=O)O)cccc23)OC(C)=O)O[C@H](COC(C)=O)[C@@H](OC(C)=O)[C@@H]1OC(C)=O. The lowest BCUT2D eigenvalue weighted by atomic mass is 9.95. The molecule has 1 aliphatic heterocycles. The maximum absolute atomic E-state index is 12.9. The van der Waals surface area contributed by atoms with Crippen molar-refractivity contribution in [3.05, 3.63) is 96.8 Å². The smallest absolute Gasteiger partial charge is 0.303 e. The summed E-state index contributed by atoms with van der Waals surface area (Å²) in [4.78, 5) is 64.6. The highest BCUT2D eigenvalue weighted by atomic mass is 32.2. The van der Waals surface area contributed by atoms with Crippen molar-refractivity contribution >= 4 is 79.1 Å². The van der Waals surface area contributed by atoms with Gasteiger partial charge in [0.15, 0.2) is 24.1 Å². The minimum atomic E-state index is -4.51. The van der Waals surface area contributed by atoms with Crippen molar-refractivity contribution < 1.29 is 74.8 Å². The van der Waals surface area contributed by atoms with Gasteiger partial charge in [0, 0.05) is 96.2 Å². The summed E-state index contributed by atoms with van der Waals surface area (Å²) in [6.07, 6.45) is -5.65. The van der Waals surface area contributed by atoms with Crippen LogP contribution in [-0.2, 0) is 85.1 Å². The summed E-state index contributed by atoms with van der Waals surface area (Å²) in [5, 5.41) is 30.4. The number of fused-ring (bicyclic) bond motifs is 1. The molecule has 1 fully saturated rings. The summed E-state index contributed by atoms with van der Waals surface area (Å²) >= 11 is 0. The minimum absolute atomic E-state index is 0.0284. The van der Waals surface area contributed by atoms with Crippen LogP contribution in [0.3, 0.4) is 0 Å². The number of anilines is 3. The first-order chi connectivity index (χ1) is 38.1. The van der Waals surface area contributed by atoms with E-state index in [1.165, 1.54) is 32.9 Å². The van der Waals surface area contributed by atoms with Gasteiger partial charge in [0.25, 0.3) is 10.1 Å². The topological polar surface area (TPSA) is 320 Å². The molecule has 27 heteroatoms. The molecule has 7 atom stereocenters. The Hall–Kier alpha value is -7.66. The molecule has 0 aliphatic carbocycles. The van der Waals surface area contributed by atoms with Gasteiger partial charge < -0.3 is 64.1 Å². The van der Waals surface area contributed by atoms with Gasteiger partial charge in [0.05, 0.1) is 50.5 Å². The Morgan fingerprint density at radius 2 is 1.46 bits per heavy atom. The normalized spacial score (nSPS) is 18.4.